The molecule has 0 spiro atoms. The summed E-state index contributed by atoms with van der Waals surface area (Å²) in [5, 5.41) is 0. The topological polar surface area (TPSA) is 55.8 Å². The molecule has 1 heterocycles. The van der Waals surface area contributed by atoms with E-state index in [9.17, 15) is 9.59 Å². The highest BCUT2D eigenvalue weighted by atomic mass is 16.6. The van der Waals surface area contributed by atoms with E-state index in [1.807, 2.05) is 49.4 Å². The largest absolute Gasteiger partial charge is 0.465 e. The second-order valence-electron chi connectivity index (χ2n) is 6.95. The first-order valence-corrected chi connectivity index (χ1v) is 9.83. The fourth-order valence-corrected chi connectivity index (χ4v) is 3.97. The minimum atomic E-state index is -0.953. The summed E-state index contributed by atoms with van der Waals surface area (Å²) >= 11 is 0. The van der Waals surface area contributed by atoms with E-state index in [-0.39, 0.29) is 25.2 Å². The van der Waals surface area contributed by atoms with E-state index in [0.717, 1.165) is 17.8 Å². The van der Waals surface area contributed by atoms with E-state index in [4.69, 9.17) is 9.47 Å². The minimum Gasteiger partial charge on any atom is -0.465 e. The molecule has 2 aromatic carbocycles. The molecule has 0 saturated carbocycles. The van der Waals surface area contributed by atoms with Gasteiger partial charge in [0.15, 0.2) is 5.92 Å². The highest BCUT2D eigenvalue weighted by Crippen LogP contribution is 2.42. The Kier molecular flexibility index (Phi) is 6.34. The summed E-state index contributed by atoms with van der Waals surface area (Å²) < 4.78 is 10.4. The number of para-hydroxylation sites is 2. The maximum Gasteiger partial charge on any atom is 0.320 e. The summed E-state index contributed by atoms with van der Waals surface area (Å²) in [7, 11) is 0. The van der Waals surface area contributed by atoms with E-state index in [2.05, 4.69) is 17.0 Å². The SMILES string of the molecule is CCOC(=O)C(C(=O)OCC)C(C)C1Cc2ccccc2N1c1ccccc1. The number of ether oxygens (including phenoxy) is 2. The zero-order valence-electron chi connectivity index (χ0n) is 16.6. The lowest BCUT2D eigenvalue weighted by atomic mass is 9.85. The molecule has 0 N–H and O–H groups in total. The van der Waals surface area contributed by atoms with E-state index in [1.165, 1.54) is 5.56 Å². The van der Waals surface area contributed by atoms with Gasteiger partial charge in [0.05, 0.1) is 13.2 Å². The summed E-state index contributed by atoms with van der Waals surface area (Å²) in [5.41, 5.74) is 3.35. The number of anilines is 2. The third kappa shape index (κ3) is 3.88. The zero-order valence-corrected chi connectivity index (χ0v) is 16.6. The third-order valence-corrected chi connectivity index (χ3v) is 5.26. The van der Waals surface area contributed by atoms with Crippen LogP contribution in [0.2, 0.25) is 0 Å². The number of fused-ring (bicyclic) bond motifs is 1. The molecule has 1 aliphatic heterocycles. The Balaban J connectivity index is 1.99. The summed E-state index contributed by atoms with van der Waals surface area (Å²) in [6, 6.07) is 18.2. The van der Waals surface area contributed by atoms with Crippen molar-refractivity contribution in [1.29, 1.82) is 0 Å². The Morgan fingerprint density at radius 1 is 0.964 bits per heavy atom. The maximum atomic E-state index is 12.6. The summed E-state index contributed by atoms with van der Waals surface area (Å²) in [6.07, 6.45) is 0.752. The smallest absolute Gasteiger partial charge is 0.320 e. The molecule has 0 saturated heterocycles. The molecular formula is C23H27NO4. The predicted molar refractivity (Wildman–Crippen MR) is 108 cm³/mol. The van der Waals surface area contributed by atoms with Gasteiger partial charge in [-0.1, -0.05) is 43.3 Å². The second kappa shape index (κ2) is 8.91. The van der Waals surface area contributed by atoms with Gasteiger partial charge in [0.2, 0.25) is 0 Å². The molecule has 2 aromatic rings. The number of carbonyl (C=O) groups is 2. The fourth-order valence-electron chi connectivity index (χ4n) is 3.97. The van der Waals surface area contributed by atoms with Gasteiger partial charge in [0.25, 0.3) is 0 Å². The molecule has 1 aliphatic rings. The maximum absolute atomic E-state index is 12.6. The van der Waals surface area contributed by atoms with Gasteiger partial charge in [-0.15, -0.1) is 0 Å². The summed E-state index contributed by atoms with van der Waals surface area (Å²) in [6.45, 7) is 5.88. The van der Waals surface area contributed by atoms with E-state index in [1.54, 1.807) is 13.8 Å². The molecular weight excluding hydrogens is 354 g/mol. The van der Waals surface area contributed by atoms with Gasteiger partial charge in [-0.05, 0) is 44.0 Å². The van der Waals surface area contributed by atoms with Crippen molar-refractivity contribution < 1.29 is 19.1 Å². The first-order chi connectivity index (χ1) is 13.6. The van der Waals surface area contributed by atoms with E-state index < -0.39 is 17.9 Å². The summed E-state index contributed by atoms with van der Waals surface area (Å²) in [4.78, 5) is 27.5. The predicted octanol–water partition coefficient (Wildman–Crippen LogP) is 4.13. The average Bonchev–Trinajstić information content (AvgIpc) is 3.09. The van der Waals surface area contributed by atoms with Crippen molar-refractivity contribution in [3.63, 3.8) is 0 Å². The van der Waals surface area contributed by atoms with Gasteiger partial charge in [-0.25, -0.2) is 0 Å². The number of hydrogen-bond acceptors (Lipinski definition) is 5. The molecule has 2 atom stereocenters. The van der Waals surface area contributed by atoms with E-state index in [0.29, 0.717) is 0 Å². The molecule has 28 heavy (non-hydrogen) atoms. The van der Waals surface area contributed by atoms with Crippen molar-refractivity contribution in [2.24, 2.45) is 11.8 Å². The number of rotatable bonds is 7. The van der Waals surface area contributed by atoms with Crippen molar-refractivity contribution in [2.45, 2.75) is 33.2 Å². The highest BCUT2D eigenvalue weighted by molar-refractivity contribution is 5.95. The molecule has 0 aromatic heterocycles. The number of esters is 2. The normalized spacial score (nSPS) is 16.6. The third-order valence-electron chi connectivity index (χ3n) is 5.26. The average molecular weight is 381 g/mol. The molecule has 0 amide bonds. The van der Waals surface area contributed by atoms with Gasteiger partial charge in [0.1, 0.15) is 0 Å². The van der Waals surface area contributed by atoms with Crippen LogP contribution in [0.3, 0.4) is 0 Å². The summed E-state index contributed by atoms with van der Waals surface area (Å²) in [5.74, 6) is -2.27. The molecule has 0 radical (unpaired) electrons. The van der Waals surface area contributed by atoms with Crippen LogP contribution in [-0.2, 0) is 25.5 Å². The van der Waals surface area contributed by atoms with Crippen molar-refractivity contribution in [1.82, 2.24) is 0 Å². The first kappa shape index (κ1) is 19.9. The van der Waals surface area contributed by atoms with Crippen LogP contribution in [0.5, 0.6) is 0 Å². The molecule has 148 valence electrons. The van der Waals surface area contributed by atoms with Crippen LogP contribution in [0.25, 0.3) is 0 Å². The quantitative estimate of drug-likeness (QED) is 0.533. The van der Waals surface area contributed by atoms with Crippen molar-refractivity contribution in [3.05, 3.63) is 60.2 Å². The van der Waals surface area contributed by atoms with Crippen molar-refractivity contribution >= 4 is 23.3 Å². The fraction of sp³-hybridized carbons (Fsp3) is 0.391. The monoisotopic (exact) mass is 381 g/mol. The number of hydrogen-bond donors (Lipinski definition) is 0. The van der Waals surface area contributed by atoms with E-state index >= 15 is 0 Å². The molecule has 5 heteroatoms. The minimum absolute atomic E-state index is 0.0568. The Hall–Kier alpha value is -2.82. The van der Waals surface area contributed by atoms with Crippen molar-refractivity contribution in [2.75, 3.05) is 18.1 Å². The Morgan fingerprint density at radius 2 is 1.54 bits per heavy atom. The molecule has 2 unspecified atom stereocenters. The van der Waals surface area contributed by atoms with Crippen LogP contribution in [0.4, 0.5) is 11.4 Å². The lowest BCUT2D eigenvalue weighted by Crippen LogP contribution is -2.44. The van der Waals surface area contributed by atoms with Crippen LogP contribution in [0.1, 0.15) is 26.3 Å². The lowest BCUT2D eigenvalue weighted by Gasteiger charge is -2.34. The van der Waals surface area contributed by atoms with Gasteiger partial charge < -0.3 is 14.4 Å². The van der Waals surface area contributed by atoms with Gasteiger partial charge in [0, 0.05) is 23.3 Å². The molecule has 3 rings (SSSR count). The van der Waals surface area contributed by atoms with Crippen LogP contribution in [0.15, 0.2) is 54.6 Å². The second-order valence-corrected chi connectivity index (χ2v) is 6.95. The van der Waals surface area contributed by atoms with Gasteiger partial charge >= 0.3 is 11.9 Å². The van der Waals surface area contributed by atoms with Crippen LogP contribution >= 0.6 is 0 Å². The molecule has 0 aliphatic carbocycles. The van der Waals surface area contributed by atoms with Gasteiger partial charge in [-0.3, -0.25) is 9.59 Å². The first-order valence-electron chi connectivity index (χ1n) is 9.83. The van der Waals surface area contributed by atoms with Crippen LogP contribution < -0.4 is 4.90 Å². The highest BCUT2D eigenvalue weighted by Gasteiger charge is 2.44. The van der Waals surface area contributed by atoms with Crippen LogP contribution in [0, 0.1) is 11.8 Å². The Bertz CT molecular complexity index is 802. The zero-order chi connectivity index (χ0) is 20.1. The van der Waals surface area contributed by atoms with Crippen LogP contribution in [-0.4, -0.2) is 31.2 Å². The Morgan fingerprint density at radius 3 is 2.14 bits per heavy atom. The molecule has 0 bridgehead atoms. The molecule has 5 nitrogen and oxygen atoms in total. The number of benzene rings is 2. The molecule has 0 fully saturated rings. The number of carbonyl (C=O) groups excluding carboxylic acids is 2. The van der Waals surface area contributed by atoms with Gasteiger partial charge in [-0.2, -0.15) is 0 Å². The number of nitrogens with zero attached hydrogens (tertiary/aromatic N) is 1. The lowest BCUT2D eigenvalue weighted by molar-refractivity contribution is -0.164. The standard InChI is InChI=1S/C23H27NO4/c1-4-27-22(25)21(23(26)28-5-2)16(3)20-15-17-11-9-10-14-19(17)24(20)18-12-7-6-8-13-18/h6-14,16,20-21H,4-5,15H2,1-3H3. The van der Waals surface area contributed by atoms with Crippen molar-refractivity contribution in [3.8, 4) is 0 Å². The Labute approximate surface area is 166 Å².